The molecule has 2 heterocycles. The van der Waals surface area contributed by atoms with Crippen LogP contribution in [-0.2, 0) is 0 Å². The number of nitrogens with one attached hydrogen (secondary N) is 2. The van der Waals surface area contributed by atoms with E-state index in [-0.39, 0.29) is 17.5 Å². The van der Waals surface area contributed by atoms with Gasteiger partial charge in [0.2, 0.25) is 0 Å². The van der Waals surface area contributed by atoms with Gasteiger partial charge in [-0.25, -0.2) is 4.39 Å². The lowest BCUT2D eigenvalue weighted by Crippen LogP contribution is -3.21. The second-order valence-corrected chi connectivity index (χ2v) is 6.77. The van der Waals surface area contributed by atoms with E-state index in [1.807, 2.05) is 0 Å². The molecule has 0 aliphatic carbocycles. The summed E-state index contributed by atoms with van der Waals surface area (Å²) >= 11 is 0. The number of quaternary nitrogens is 1. The molecular weight excluding hydrogens is 279 g/mol. The van der Waals surface area contributed by atoms with Crippen LogP contribution in [0.15, 0.2) is 24.3 Å². The fourth-order valence-corrected chi connectivity index (χ4v) is 4.36. The van der Waals surface area contributed by atoms with Gasteiger partial charge in [-0.3, -0.25) is 4.79 Å². The van der Waals surface area contributed by atoms with E-state index >= 15 is 0 Å². The Morgan fingerprint density at radius 2 is 1.95 bits per heavy atom. The molecule has 2 unspecified atom stereocenters. The maximum absolute atomic E-state index is 13.7. The Balaban J connectivity index is 1.65. The van der Waals surface area contributed by atoms with Crippen molar-refractivity contribution in [2.45, 2.75) is 63.6 Å². The Morgan fingerprint density at radius 1 is 1.27 bits per heavy atom. The highest BCUT2D eigenvalue weighted by Gasteiger charge is 2.41. The van der Waals surface area contributed by atoms with Crippen molar-refractivity contribution in [3.8, 4) is 0 Å². The van der Waals surface area contributed by atoms with Crippen LogP contribution in [0.2, 0.25) is 0 Å². The second-order valence-electron chi connectivity index (χ2n) is 6.77. The zero-order valence-corrected chi connectivity index (χ0v) is 13.3. The molecule has 22 heavy (non-hydrogen) atoms. The third kappa shape index (κ3) is 3.17. The highest BCUT2D eigenvalue weighted by Crippen LogP contribution is 2.22. The van der Waals surface area contributed by atoms with Gasteiger partial charge in [0.1, 0.15) is 5.82 Å². The first-order chi connectivity index (χ1) is 10.7. The fraction of sp³-hybridized carbons (Fsp3) is 0.611. The first-order valence-corrected chi connectivity index (χ1v) is 8.60. The summed E-state index contributed by atoms with van der Waals surface area (Å²) in [6.07, 6.45) is 7.12. The van der Waals surface area contributed by atoms with Crippen molar-refractivity contribution in [3.63, 3.8) is 0 Å². The number of piperidine rings is 2. The summed E-state index contributed by atoms with van der Waals surface area (Å²) in [6.45, 7) is 3.48. The third-order valence-corrected chi connectivity index (χ3v) is 5.28. The van der Waals surface area contributed by atoms with E-state index < -0.39 is 5.82 Å². The van der Waals surface area contributed by atoms with E-state index in [2.05, 4.69) is 12.2 Å². The molecule has 4 atom stereocenters. The van der Waals surface area contributed by atoms with Crippen LogP contribution in [0.3, 0.4) is 0 Å². The van der Waals surface area contributed by atoms with E-state index in [0.29, 0.717) is 12.1 Å². The number of hydrogen-bond donors (Lipinski definition) is 2. The Bertz CT molecular complexity index is 520. The summed E-state index contributed by atoms with van der Waals surface area (Å²) in [5, 5.41) is 3.07. The molecule has 3 rings (SSSR count). The van der Waals surface area contributed by atoms with Crippen molar-refractivity contribution in [2.75, 3.05) is 6.54 Å². The fourth-order valence-electron chi connectivity index (χ4n) is 4.36. The lowest BCUT2D eigenvalue weighted by atomic mass is 9.81. The summed E-state index contributed by atoms with van der Waals surface area (Å²) < 4.78 is 13.7. The summed E-state index contributed by atoms with van der Waals surface area (Å²) in [5.41, 5.74) is 0.163. The monoisotopic (exact) mass is 305 g/mol. The van der Waals surface area contributed by atoms with Crippen LogP contribution >= 0.6 is 0 Å². The lowest BCUT2D eigenvalue weighted by Gasteiger charge is -2.46. The molecule has 0 radical (unpaired) electrons. The van der Waals surface area contributed by atoms with E-state index in [1.54, 1.807) is 23.1 Å². The normalized spacial score (nSPS) is 30.8. The molecule has 1 aromatic carbocycles. The molecular formula is C18H26FN2O+. The van der Waals surface area contributed by atoms with Crippen LogP contribution in [0.4, 0.5) is 4.39 Å². The molecule has 3 nitrogen and oxygen atoms in total. The van der Waals surface area contributed by atoms with Crippen LogP contribution in [0.5, 0.6) is 0 Å². The highest BCUT2D eigenvalue weighted by atomic mass is 19.1. The summed E-state index contributed by atoms with van der Waals surface area (Å²) in [5.74, 6) is -0.700. The van der Waals surface area contributed by atoms with E-state index in [1.165, 1.54) is 38.3 Å². The molecule has 2 saturated heterocycles. The number of carbonyl (C=O) groups is 1. The molecule has 2 fully saturated rings. The molecule has 2 aliphatic heterocycles. The van der Waals surface area contributed by atoms with Gasteiger partial charge in [0.15, 0.2) is 0 Å². The van der Waals surface area contributed by atoms with Crippen LogP contribution in [-0.4, -0.2) is 30.6 Å². The number of amides is 1. The third-order valence-electron chi connectivity index (χ3n) is 5.28. The van der Waals surface area contributed by atoms with Gasteiger partial charge in [-0.1, -0.05) is 19.1 Å². The summed E-state index contributed by atoms with van der Waals surface area (Å²) in [6, 6.07) is 7.75. The van der Waals surface area contributed by atoms with Gasteiger partial charge in [0.05, 0.1) is 24.2 Å². The zero-order chi connectivity index (χ0) is 15.5. The van der Waals surface area contributed by atoms with Crippen molar-refractivity contribution in [2.24, 2.45) is 0 Å². The van der Waals surface area contributed by atoms with Crippen molar-refractivity contribution >= 4 is 5.91 Å². The Morgan fingerprint density at radius 3 is 2.59 bits per heavy atom. The maximum Gasteiger partial charge on any atom is 0.254 e. The van der Waals surface area contributed by atoms with Gasteiger partial charge in [-0.2, -0.15) is 0 Å². The first-order valence-electron chi connectivity index (χ1n) is 8.60. The molecule has 2 bridgehead atoms. The topological polar surface area (TPSA) is 33.5 Å². The molecule has 1 amide bonds. The van der Waals surface area contributed by atoms with Gasteiger partial charge >= 0.3 is 0 Å². The second kappa shape index (κ2) is 6.78. The minimum Gasteiger partial charge on any atom is -0.349 e. The molecule has 2 aliphatic rings. The molecule has 0 saturated carbocycles. The van der Waals surface area contributed by atoms with Crippen LogP contribution in [0.25, 0.3) is 0 Å². The Kier molecular flexibility index (Phi) is 4.77. The quantitative estimate of drug-likeness (QED) is 0.876. The Hall–Kier alpha value is -1.42. The first kappa shape index (κ1) is 15.5. The predicted molar refractivity (Wildman–Crippen MR) is 84.4 cm³/mol. The molecule has 4 heteroatoms. The number of hydrogen-bond acceptors (Lipinski definition) is 1. The van der Waals surface area contributed by atoms with Crippen molar-refractivity contribution in [3.05, 3.63) is 35.6 Å². The standard InChI is InChI=1S/C18H25FN2O/c1-2-10-21-14-6-5-7-15(21)12-13(11-14)20-18(22)16-8-3-4-9-17(16)19/h3-4,8-9,13-15H,2,5-7,10-12H2,1H3,(H,20,22)/p+1/t13?,14-,15+. The van der Waals surface area contributed by atoms with Gasteiger partial charge in [0, 0.05) is 18.9 Å². The predicted octanol–water partition coefficient (Wildman–Crippen LogP) is 1.93. The van der Waals surface area contributed by atoms with Gasteiger partial charge in [-0.05, 0) is 37.8 Å². The van der Waals surface area contributed by atoms with Crippen molar-refractivity contribution < 1.29 is 14.1 Å². The minimum absolute atomic E-state index is 0.163. The largest absolute Gasteiger partial charge is 0.349 e. The number of fused-ring (bicyclic) bond motifs is 2. The van der Waals surface area contributed by atoms with Crippen LogP contribution in [0, 0.1) is 5.82 Å². The van der Waals surface area contributed by atoms with Crippen LogP contribution < -0.4 is 10.2 Å². The van der Waals surface area contributed by atoms with Gasteiger partial charge in [-0.15, -0.1) is 0 Å². The summed E-state index contributed by atoms with van der Waals surface area (Å²) in [4.78, 5) is 14.0. The highest BCUT2D eigenvalue weighted by molar-refractivity contribution is 5.94. The molecule has 1 aromatic rings. The number of rotatable bonds is 4. The SMILES string of the molecule is CCC[NH+]1[C@@H]2CCC[C@H]1CC(NC(=O)c1ccccc1F)C2. The lowest BCUT2D eigenvalue weighted by molar-refractivity contribution is -0.961. The number of benzene rings is 1. The summed E-state index contributed by atoms with van der Waals surface area (Å²) in [7, 11) is 0. The molecule has 0 aromatic heterocycles. The van der Waals surface area contributed by atoms with Gasteiger partial charge in [0.25, 0.3) is 5.91 Å². The van der Waals surface area contributed by atoms with E-state index in [0.717, 1.165) is 12.8 Å². The maximum atomic E-state index is 13.7. The minimum atomic E-state index is -0.436. The number of carbonyl (C=O) groups excluding carboxylic acids is 1. The van der Waals surface area contributed by atoms with Crippen molar-refractivity contribution in [1.82, 2.24) is 5.32 Å². The Labute approximate surface area is 131 Å². The van der Waals surface area contributed by atoms with E-state index in [9.17, 15) is 9.18 Å². The average Bonchev–Trinajstić information content (AvgIpc) is 2.48. The zero-order valence-electron chi connectivity index (χ0n) is 13.3. The van der Waals surface area contributed by atoms with Crippen molar-refractivity contribution in [1.29, 1.82) is 0 Å². The van der Waals surface area contributed by atoms with Crippen LogP contribution in [0.1, 0.15) is 55.8 Å². The van der Waals surface area contributed by atoms with Gasteiger partial charge < -0.3 is 10.2 Å². The smallest absolute Gasteiger partial charge is 0.254 e. The van der Waals surface area contributed by atoms with E-state index in [4.69, 9.17) is 0 Å². The molecule has 2 N–H and O–H groups in total. The molecule has 0 spiro atoms. The molecule has 120 valence electrons. The average molecular weight is 305 g/mol. The number of halogens is 1.